The SMILES string of the molecule is Nc1ccn(-c2ccc(F)cc2[N+](=O)[O-])n1. The van der Waals surface area contributed by atoms with Crippen LogP contribution in [-0.2, 0) is 0 Å². The molecule has 0 aliphatic rings. The van der Waals surface area contributed by atoms with Crippen LogP contribution in [-0.4, -0.2) is 14.7 Å². The molecule has 1 aromatic carbocycles. The molecule has 1 aromatic heterocycles. The maximum Gasteiger partial charge on any atom is 0.297 e. The maximum absolute atomic E-state index is 12.9. The molecule has 1 heterocycles. The average molecular weight is 222 g/mol. The fraction of sp³-hybridized carbons (Fsp3) is 0. The molecule has 0 aliphatic carbocycles. The monoisotopic (exact) mass is 222 g/mol. The molecule has 0 unspecified atom stereocenters. The van der Waals surface area contributed by atoms with Crippen molar-refractivity contribution in [2.75, 3.05) is 5.73 Å². The van der Waals surface area contributed by atoms with Gasteiger partial charge in [0.15, 0.2) is 0 Å². The van der Waals surface area contributed by atoms with Gasteiger partial charge in [-0.15, -0.1) is 0 Å². The molecule has 2 N–H and O–H groups in total. The van der Waals surface area contributed by atoms with E-state index in [2.05, 4.69) is 5.10 Å². The fourth-order valence-electron chi connectivity index (χ4n) is 1.31. The molecule has 2 aromatic rings. The van der Waals surface area contributed by atoms with Crippen LogP contribution in [0.15, 0.2) is 30.5 Å². The van der Waals surface area contributed by atoms with Gasteiger partial charge >= 0.3 is 0 Å². The van der Waals surface area contributed by atoms with Crippen molar-refractivity contribution in [1.82, 2.24) is 9.78 Å². The van der Waals surface area contributed by atoms with E-state index in [1.54, 1.807) is 0 Å². The summed E-state index contributed by atoms with van der Waals surface area (Å²) in [7, 11) is 0. The summed E-state index contributed by atoms with van der Waals surface area (Å²) in [5.41, 5.74) is 5.21. The first-order valence-electron chi connectivity index (χ1n) is 4.33. The minimum Gasteiger partial charge on any atom is -0.382 e. The van der Waals surface area contributed by atoms with Crippen molar-refractivity contribution in [3.8, 4) is 5.69 Å². The Kier molecular flexibility index (Phi) is 2.28. The summed E-state index contributed by atoms with van der Waals surface area (Å²) in [5.74, 6) is -0.436. The lowest BCUT2D eigenvalue weighted by molar-refractivity contribution is -0.384. The average Bonchev–Trinajstić information content (AvgIpc) is 2.64. The third kappa shape index (κ3) is 1.70. The summed E-state index contributed by atoms with van der Waals surface area (Å²) in [6.45, 7) is 0. The number of nitrogen functional groups attached to an aromatic ring is 1. The van der Waals surface area contributed by atoms with Crippen molar-refractivity contribution in [3.63, 3.8) is 0 Å². The lowest BCUT2D eigenvalue weighted by Crippen LogP contribution is -2.01. The Labute approximate surface area is 89.3 Å². The molecule has 0 bridgehead atoms. The molecule has 6 nitrogen and oxygen atoms in total. The molecule has 16 heavy (non-hydrogen) atoms. The molecular weight excluding hydrogens is 215 g/mol. The number of rotatable bonds is 2. The van der Waals surface area contributed by atoms with Crippen LogP contribution in [0.2, 0.25) is 0 Å². The van der Waals surface area contributed by atoms with Crippen molar-refractivity contribution in [3.05, 3.63) is 46.4 Å². The van der Waals surface area contributed by atoms with Crippen LogP contribution in [0.1, 0.15) is 0 Å². The highest BCUT2D eigenvalue weighted by molar-refractivity contribution is 5.52. The third-order valence-corrected chi connectivity index (χ3v) is 1.99. The molecule has 0 saturated heterocycles. The smallest absolute Gasteiger partial charge is 0.297 e. The van der Waals surface area contributed by atoms with Crippen LogP contribution >= 0.6 is 0 Å². The van der Waals surface area contributed by atoms with Gasteiger partial charge in [-0.3, -0.25) is 10.1 Å². The number of nitrogens with zero attached hydrogens (tertiary/aromatic N) is 3. The highest BCUT2D eigenvalue weighted by atomic mass is 19.1. The van der Waals surface area contributed by atoms with Gasteiger partial charge in [0.25, 0.3) is 5.69 Å². The molecule has 7 heteroatoms. The quantitative estimate of drug-likeness (QED) is 0.616. The topological polar surface area (TPSA) is 87.0 Å². The number of benzene rings is 1. The van der Waals surface area contributed by atoms with Crippen LogP contribution in [0.5, 0.6) is 0 Å². The fourth-order valence-corrected chi connectivity index (χ4v) is 1.31. The largest absolute Gasteiger partial charge is 0.382 e. The van der Waals surface area contributed by atoms with Crippen molar-refractivity contribution < 1.29 is 9.31 Å². The van der Waals surface area contributed by atoms with E-state index in [4.69, 9.17) is 5.73 Å². The summed E-state index contributed by atoms with van der Waals surface area (Å²) in [5, 5.41) is 14.5. The van der Waals surface area contributed by atoms with Crippen LogP contribution < -0.4 is 5.73 Å². The van der Waals surface area contributed by atoms with Gasteiger partial charge in [-0.25, -0.2) is 9.07 Å². The number of aromatic nitrogens is 2. The third-order valence-electron chi connectivity index (χ3n) is 1.99. The first-order valence-corrected chi connectivity index (χ1v) is 4.33. The Balaban J connectivity index is 2.60. The minimum absolute atomic E-state index is 0.170. The Morgan fingerprint density at radius 1 is 1.44 bits per heavy atom. The van der Waals surface area contributed by atoms with E-state index < -0.39 is 10.7 Å². The molecule has 0 amide bonds. The highest BCUT2D eigenvalue weighted by Gasteiger charge is 2.16. The number of nitrogens with two attached hydrogens (primary N) is 1. The zero-order valence-electron chi connectivity index (χ0n) is 8.00. The zero-order chi connectivity index (χ0) is 11.7. The molecule has 0 radical (unpaired) electrons. The Morgan fingerprint density at radius 3 is 2.75 bits per heavy atom. The summed E-state index contributed by atoms with van der Waals surface area (Å²) >= 11 is 0. The number of anilines is 1. The van der Waals surface area contributed by atoms with Crippen LogP contribution in [0.3, 0.4) is 0 Å². The van der Waals surface area contributed by atoms with Gasteiger partial charge < -0.3 is 5.73 Å². The van der Waals surface area contributed by atoms with E-state index >= 15 is 0 Å². The van der Waals surface area contributed by atoms with E-state index in [0.29, 0.717) is 0 Å². The van der Waals surface area contributed by atoms with Gasteiger partial charge in [0, 0.05) is 12.3 Å². The maximum atomic E-state index is 12.9. The number of halogens is 1. The number of nitro benzene ring substituents is 1. The van der Waals surface area contributed by atoms with E-state index in [0.717, 1.165) is 12.1 Å². The predicted octanol–water partition coefficient (Wildman–Crippen LogP) is 1.50. The number of hydrogen-bond donors (Lipinski definition) is 1. The molecular formula is C9H7FN4O2. The van der Waals surface area contributed by atoms with Gasteiger partial charge in [-0.1, -0.05) is 0 Å². The molecule has 0 saturated carbocycles. The van der Waals surface area contributed by atoms with Crippen molar-refractivity contribution in [2.24, 2.45) is 0 Å². The van der Waals surface area contributed by atoms with Crippen LogP contribution in [0.4, 0.5) is 15.9 Å². The minimum atomic E-state index is -0.671. The van der Waals surface area contributed by atoms with Gasteiger partial charge in [-0.2, -0.15) is 5.10 Å². The lowest BCUT2D eigenvalue weighted by Gasteiger charge is -2.02. The van der Waals surface area contributed by atoms with E-state index in [1.807, 2.05) is 0 Å². The molecule has 0 fully saturated rings. The lowest BCUT2D eigenvalue weighted by atomic mass is 10.2. The van der Waals surface area contributed by atoms with E-state index in [9.17, 15) is 14.5 Å². The molecule has 82 valence electrons. The van der Waals surface area contributed by atoms with Crippen molar-refractivity contribution >= 4 is 11.5 Å². The number of nitro groups is 1. The summed E-state index contributed by atoms with van der Waals surface area (Å²) in [6.07, 6.45) is 1.47. The second kappa shape index (κ2) is 3.61. The van der Waals surface area contributed by atoms with Crippen molar-refractivity contribution in [2.45, 2.75) is 0 Å². The van der Waals surface area contributed by atoms with Crippen LogP contribution in [0.25, 0.3) is 5.69 Å². The van der Waals surface area contributed by atoms with Gasteiger partial charge in [0.2, 0.25) is 0 Å². The summed E-state index contributed by atoms with van der Waals surface area (Å²) < 4.78 is 14.1. The Bertz CT molecular complexity index is 552. The second-order valence-electron chi connectivity index (χ2n) is 3.08. The summed E-state index contributed by atoms with van der Waals surface area (Å²) in [4.78, 5) is 10.1. The molecule has 2 rings (SSSR count). The standard InChI is InChI=1S/C9H7FN4O2/c10-6-1-2-7(8(5-6)14(15)16)13-4-3-9(11)12-13/h1-5H,(H2,11,12). The van der Waals surface area contributed by atoms with Gasteiger partial charge in [0.05, 0.1) is 11.0 Å². The normalized spacial score (nSPS) is 10.3. The molecule has 0 spiro atoms. The first-order chi connectivity index (χ1) is 7.58. The Morgan fingerprint density at radius 2 is 2.19 bits per heavy atom. The molecule has 0 atom stereocenters. The Hall–Kier alpha value is -2.44. The first kappa shape index (κ1) is 10.1. The van der Waals surface area contributed by atoms with E-state index in [-0.39, 0.29) is 17.2 Å². The zero-order valence-corrected chi connectivity index (χ0v) is 8.00. The van der Waals surface area contributed by atoms with E-state index in [1.165, 1.54) is 23.0 Å². The van der Waals surface area contributed by atoms with Gasteiger partial charge in [0.1, 0.15) is 17.3 Å². The highest BCUT2D eigenvalue weighted by Crippen LogP contribution is 2.23. The van der Waals surface area contributed by atoms with Gasteiger partial charge in [-0.05, 0) is 12.1 Å². The van der Waals surface area contributed by atoms with Crippen molar-refractivity contribution in [1.29, 1.82) is 0 Å². The number of hydrogen-bond acceptors (Lipinski definition) is 4. The van der Waals surface area contributed by atoms with Crippen LogP contribution in [0, 0.1) is 15.9 Å². The second-order valence-corrected chi connectivity index (χ2v) is 3.08. The molecule has 0 aliphatic heterocycles. The summed E-state index contributed by atoms with van der Waals surface area (Å²) in [6, 6.07) is 4.74. The predicted molar refractivity (Wildman–Crippen MR) is 54.6 cm³/mol.